The van der Waals surface area contributed by atoms with Gasteiger partial charge < -0.3 is 24.1 Å². The molecule has 10 nitrogen and oxygen atoms in total. The number of rotatable bonds is 12. The number of aryl methyl sites for hydroxylation is 1. The Kier molecular flexibility index (Phi) is 9.30. The first kappa shape index (κ1) is 30.3. The molecule has 4 aromatic rings. The summed E-state index contributed by atoms with van der Waals surface area (Å²) in [7, 11) is 1.33. The Bertz CT molecular complexity index is 1620. The molecule has 0 bridgehead atoms. The lowest BCUT2D eigenvalue weighted by Gasteiger charge is -2.26. The number of methoxy groups -OCH3 is 1. The van der Waals surface area contributed by atoms with Crippen molar-refractivity contribution < 1.29 is 19.0 Å². The molecule has 0 radical (unpaired) electrons. The minimum atomic E-state index is -0.609. The highest BCUT2D eigenvalue weighted by Crippen LogP contribution is 2.38. The SMILES string of the molecule is COC(=O)c1nc(NC(C)C2CC2)c2c(n1)nc(-c1cc(C)ccc1OCCCN1CCOCC1)n2Cc1ccc(Cl)cc1. The number of nitrogens with one attached hydrogen (secondary N) is 1. The fraction of sp³-hybridized carbons (Fsp3) is 0.455. The van der Waals surface area contributed by atoms with Crippen LogP contribution in [0.25, 0.3) is 22.6 Å². The van der Waals surface area contributed by atoms with Gasteiger partial charge in [-0.1, -0.05) is 35.4 Å². The summed E-state index contributed by atoms with van der Waals surface area (Å²) in [5, 5.41) is 4.25. The van der Waals surface area contributed by atoms with E-state index in [0.29, 0.717) is 41.4 Å². The zero-order chi connectivity index (χ0) is 30.6. The van der Waals surface area contributed by atoms with E-state index in [1.165, 1.54) is 7.11 Å². The summed E-state index contributed by atoms with van der Waals surface area (Å²) in [5.41, 5.74) is 4.09. The van der Waals surface area contributed by atoms with Gasteiger partial charge in [0.2, 0.25) is 5.82 Å². The summed E-state index contributed by atoms with van der Waals surface area (Å²) in [4.78, 5) is 29.3. The minimum Gasteiger partial charge on any atom is -0.493 e. The van der Waals surface area contributed by atoms with E-state index in [9.17, 15) is 4.79 Å². The normalized spacial score (nSPS) is 16.2. The minimum absolute atomic E-state index is 0.0305. The van der Waals surface area contributed by atoms with Crippen LogP contribution in [0.1, 0.15) is 47.9 Å². The standard InChI is InChI=1S/C33H39ClN6O4/c1-21-5-12-27(44-16-4-13-39-14-17-43-18-15-39)26(19-21)32-38-30-28(40(32)20-23-6-10-25(34)11-7-23)29(35-22(2)24-8-9-24)36-31(37-30)33(41)42-3/h5-7,10-12,19,22,24H,4,8-9,13-18,20H2,1-3H3,(H,35,36,37). The van der Waals surface area contributed by atoms with Gasteiger partial charge in [0.25, 0.3) is 0 Å². The van der Waals surface area contributed by atoms with Crippen molar-refractivity contribution in [2.24, 2.45) is 5.92 Å². The molecule has 0 amide bonds. The molecule has 1 aliphatic carbocycles. The van der Waals surface area contributed by atoms with Gasteiger partial charge in [0.15, 0.2) is 11.5 Å². The number of esters is 1. The number of carbonyl (C=O) groups is 1. The van der Waals surface area contributed by atoms with E-state index in [-0.39, 0.29) is 11.9 Å². The number of carbonyl (C=O) groups excluding carboxylic acids is 1. The Balaban J connectivity index is 1.42. The summed E-state index contributed by atoms with van der Waals surface area (Å²) in [6.45, 7) is 9.69. The maximum Gasteiger partial charge on any atom is 0.376 e. The number of hydrogen-bond donors (Lipinski definition) is 1. The van der Waals surface area contributed by atoms with Crippen LogP contribution >= 0.6 is 11.6 Å². The fourth-order valence-corrected chi connectivity index (χ4v) is 5.75. The van der Waals surface area contributed by atoms with Gasteiger partial charge in [0, 0.05) is 37.2 Å². The van der Waals surface area contributed by atoms with Crippen molar-refractivity contribution in [1.82, 2.24) is 24.4 Å². The van der Waals surface area contributed by atoms with Gasteiger partial charge in [0.1, 0.15) is 17.1 Å². The number of anilines is 1. The Morgan fingerprint density at radius 2 is 1.89 bits per heavy atom. The number of hydrogen-bond acceptors (Lipinski definition) is 9. The van der Waals surface area contributed by atoms with Crippen LogP contribution in [0.15, 0.2) is 42.5 Å². The molecule has 2 aromatic heterocycles. The van der Waals surface area contributed by atoms with Crippen LogP contribution < -0.4 is 10.1 Å². The largest absolute Gasteiger partial charge is 0.493 e. The number of morpholine rings is 1. The first-order valence-corrected chi connectivity index (χ1v) is 15.7. The van der Waals surface area contributed by atoms with Gasteiger partial charge in [-0.25, -0.2) is 19.7 Å². The zero-order valence-electron chi connectivity index (χ0n) is 25.5. The monoisotopic (exact) mass is 618 g/mol. The second kappa shape index (κ2) is 13.5. The first-order valence-electron chi connectivity index (χ1n) is 15.3. The van der Waals surface area contributed by atoms with Crippen LogP contribution in [-0.4, -0.2) is 83.0 Å². The molecule has 1 saturated heterocycles. The van der Waals surface area contributed by atoms with Gasteiger partial charge in [-0.3, -0.25) is 4.90 Å². The van der Waals surface area contributed by atoms with Crippen molar-refractivity contribution in [3.63, 3.8) is 0 Å². The molecule has 2 aliphatic rings. The van der Waals surface area contributed by atoms with E-state index in [4.69, 9.17) is 30.8 Å². The lowest BCUT2D eigenvalue weighted by Crippen LogP contribution is -2.37. The number of aromatic nitrogens is 4. The number of benzene rings is 2. The summed E-state index contributed by atoms with van der Waals surface area (Å²) >= 11 is 6.22. The second-order valence-corrected chi connectivity index (χ2v) is 12.1. The molecule has 1 saturated carbocycles. The van der Waals surface area contributed by atoms with Crippen molar-refractivity contribution in [3.05, 3.63) is 64.4 Å². The Labute approximate surface area is 262 Å². The van der Waals surface area contributed by atoms with E-state index >= 15 is 0 Å². The average molecular weight is 619 g/mol. The third-order valence-electron chi connectivity index (χ3n) is 8.27. The number of imidazole rings is 1. The molecule has 11 heteroatoms. The molecule has 0 spiro atoms. The molecule has 1 atom stereocenters. The molecule has 3 heterocycles. The predicted molar refractivity (Wildman–Crippen MR) is 171 cm³/mol. The van der Waals surface area contributed by atoms with Gasteiger partial charge in [-0.2, -0.15) is 0 Å². The number of halogens is 1. The topological polar surface area (TPSA) is 104 Å². The predicted octanol–water partition coefficient (Wildman–Crippen LogP) is 5.60. The van der Waals surface area contributed by atoms with E-state index in [1.807, 2.05) is 36.4 Å². The van der Waals surface area contributed by atoms with Gasteiger partial charge >= 0.3 is 5.97 Å². The van der Waals surface area contributed by atoms with Crippen LogP contribution in [0.3, 0.4) is 0 Å². The maximum absolute atomic E-state index is 12.6. The lowest BCUT2D eigenvalue weighted by atomic mass is 10.1. The molecular formula is C33H39ClN6O4. The Morgan fingerprint density at radius 1 is 1.11 bits per heavy atom. The number of fused-ring (bicyclic) bond motifs is 1. The molecule has 6 rings (SSSR count). The molecule has 1 unspecified atom stereocenters. The average Bonchev–Trinajstić information content (AvgIpc) is 3.83. The molecule has 2 aromatic carbocycles. The zero-order valence-corrected chi connectivity index (χ0v) is 26.3. The second-order valence-electron chi connectivity index (χ2n) is 11.6. The first-order chi connectivity index (χ1) is 21.4. The smallest absolute Gasteiger partial charge is 0.376 e. The highest BCUT2D eigenvalue weighted by atomic mass is 35.5. The van der Waals surface area contributed by atoms with E-state index < -0.39 is 5.97 Å². The van der Waals surface area contributed by atoms with Crippen molar-refractivity contribution in [2.75, 3.05) is 51.9 Å². The van der Waals surface area contributed by atoms with E-state index in [1.54, 1.807) is 0 Å². The van der Waals surface area contributed by atoms with E-state index in [2.05, 4.69) is 44.7 Å². The quantitative estimate of drug-likeness (QED) is 0.160. The number of nitrogens with zero attached hydrogens (tertiary/aromatic N) is 5. The third-order valence-corrected chi connectivity index (χ3v) is 8.53. The van der Waals surface area contributed by atoms with Crippen molar-refractivity contribution >= 4 is 34.6 Å². The summed E-state index contributed by atoms with van der Waals surface area (Å²) in [5.74, 6) is 1.90. The summed E-state index contributed by atoms with van der Waals surface area (Å²) in [6.07, 6.45) is 3.23. The lowest BCUT2D eigenvalue weighted by molar-refractivity contribution is 0.0358. The van der Waals surface area contributed by atoms with Crippen molar-refractivity contribution in [1.29, 1.82) is 0 Å². The molecule has 1 N–H and O–H groups in total. The third kappa shape index (κ3) is 6.98. The van der Waals surface area contributed by atoms with Crippen LogP contribution in [0.4, 0.5) is 5.82 Å². The van der Waals surface area contributed by atoms with Gasteiger partial charge in [-0.05, 0) is 68.9 Å². The molecule has 232 valence electrons. The van der Waals surface area contributed by atoms with Gasteiger partial charge in [0.05, 0.1) is 32.5 Å². The highest BCUT2D eigenvalue weighted by molar-refractivity contribution is 6.30. The van der Waals surface area contributed by atoms with Crippen molar-refractivity contribution in [2.45, 2.75) is 45.7 Å². The highest BCUT2D eigenvalue weighted by Gasteiger charge is 2.30. The molecule has 2 fully saturated rings. The maximum atomic E-state index is 12.6. The van der Waals surface area contributed by atoms with Crippen LogP contribution in [0.2, 0.25) is 5.02 Å². The molecular weight excluding hydrogens is 580 g/mol. The molecule has 44 heavy (non-hydrogen) atoms. The van der Waals surface area contributed by atoms with Crippen LogP contribution in [0.5, 0.6) is 5.75 Å². The van der Waals surface area contributed by atoms with Crippen LogP contribution in [-0.2, 0) is 16.0 Å². The van der Waals surface area contributed by atoms with Crippen LogP contribution in [0, 0.1) is 12.8 Å². The number of ether oxygens (including phenoxy) is 3. The van der Waals surface area contributed by atoms with E-state index in [0.717, 1.165) is 80.1 Å². The Hall–Kier alpha value is -3.73. The Morgan fingerprint density at radius 3 is 2.61 bits per heavy atom. The summed E-state index contributed by atoms with van der Waals surface area (Å²) in [6, 6.07) is 14.1. The summed E-state index contributed by atoms with van der Waals surface area (Å²) < 4.78 is 19.0. The van der Waals surface area contributed by atoms with Gasteiger partial charge in [-0.15, -0.1) is 0 Å². The fourth-order valence-electron chi connectivity index (χ4n) is 5.62. The van der Waals surface area contributed by atoms with Crippen molar-refractivity contribution in [3.8, 4) is 17.1 Å². The molecule has 1 aliphatic heterocycles.